The minimum atomic E-state index is -0.541. The molecule has 5 nitrogen and oxygen atoms in total. The van der Waals surface area contributed by atoms with Gasteiger partial charge in [0.2, 0.25) is 11.7 Å². The molecular formula is C14H16N2O3. The Balaban J connectivity index is 2.34. The lowest BCUT2D eigenvalue weighted by atomic mass is 10.0. The average molecular weight is 260 g/mol. The van der Waals surface area contributed by atoms with E-state index < -0.39 is 11.7 Å². The van der Waals surface area contributed by atoms with Gasteiger partial charge in [0.05, 0.1) is 0 Å². The van der Waals surface area contributed by atoms with Gasteiger partial charge in [-0.15, -0.1) is 0 Å². The van der Waals surface area contributed by atoms with Gasteiger partial charge in [-0.2, -0.15) is 0 Å². The second kappa shape index (κ2) is 4.84. The molecule has 0 spiro atoms. The first-order valence-corrected chi connectivity index (χ1v) is 6.10. The van der Waals surface area contributed by atoms with E-state index in [9.17, 15) is 14.4 Å². The number of hydrogen-bond acceptors (Lipinski definition) is 3. The van der Waals surface area contributed by atoms with Crippen molar-refractivity contribution in [2.75, 3.05) is 23.9 Å². The second-order valence-electron chi connectivity index (χ2n) is 4.69. The molecule has 0 saturated heterocycles. The number of Topliss-reactive ketones (excluding diaryl/α,β-unsaturated/α-hetero) is 1. The van der Waals surface area contributed by atoms with Crippen molar-refractivity contribution in [2.24, 2.45) is 0 Å². The maximum atomic E-state index is 11.6. The summed E-state index contributed by atoms with van der Waals surface area (Å²) in [6.07, 6.45) is 1.13. The minimum absolute atomic E-state index is 0.0911. The van der Waals surface area contributed by atoms with Crippen molar-refractivity contribution in [3.05, 3.63) is 23.8 Å². The van der Waals surface area contributed by atoms with Gasteiger partial charge in [-0.1, -0.05) is 0 Å². The SMILES string of the molecule is CC(=O)C(=O)N(C)c1ccc2c(c1)CCC(=O)N2C. The number of nitrogens with zero attached hydrogens (tertiary/aromatic N) is 2. The monoisotopic (exact) mass is 260 g/mol. The van der Waals surface area contributed by atoms with Gasteiger partial charge in [-0.25, -0.2) is 0 Å². The van der Waals surface area contributed by atoms with Crippen LogP contribution in [-0.4, -0.2) is 31.7 Å². The van der Waals surface area contributed by atoms with Gasteiger partial charge < -0.3 is 9.80 Å². The number of rotatable bonds is 2. The fourth-order valence-corrected chi connectivity index (χ4v) is 2.21. The van der Waals surface area contributed by atoms with Gasteiger partial charge in [0.1, 0.15) is 0 Å². The fraction of sp³-hybridized carbons (Fsp3) is 0.357. The van der Waals surface area contributed by atoms with Crippen molar-refractivity contribution in [2.45, 2.75) is 19.8 Å². The van der Waals surface area contributed by atoms with Crippen LogP contribution in [0.3, 0.4) is 0 Å². The van der Waals surface area contributed by atoms with Gasteiger partial charge >= 0.3 is 0 Å². The average Bonchev–Trinajstić information content (AvgIpc) is 2.40. The molecule has 5 heteroatoms. The van der Waals surface area contributed by atoms with E-state index >= 15 is 0 Å². The maximum absolute atomic E-state index is 11.6. The lowest BCUT2D eigenvalue weighted by Crippen LogP contribution is -2.33. The van der Waals surface area contributed by atoms with Gasteiger partial charge in [-0.3, -0.25) is 14.4 Å². The van der Waals surface area contributed by atoms with Crippen LogP contribution >= 0.6 is 0 Å². The highest BCUT2D eigenvalue weighted by Crippen LogP contribution is 2.30. The zero-order valence-corrected chi connectivity index (χ0v) is 11.3. The number of aryl methyl sites for hydroxylation is 1. The largest absolute Gasteiger partial charge is 0.315 e. The predicted molar refractivity (Wildman–Crippen MR) is 72.3 cm³/mol. The summed E-state index contributed by atoms with van der Waals surface area (Å²) in [5.41, 5.74) is 2.55. The van der Waals surface area contributed by atoms with E-state index in [-0.39, 0.29) is 5.91 Å². The van der Waals surface area contributed by atoms with Gasteiger partial charge in [0.25, 0.3) is 5.91 Å². The molecule has 0 atom stereocenters. The summed E-state index contributed by atoms with van der Waals surface area (Å²) in [5.74, 6) is -0.943. The van der Waals surface area contributed by atoms with Crippen molar-refractivity contribution in [3.63, 3.8) is 0 Å². The van der Waals surface area contributed by atoms with E-state index in [2.05, 4.69) is 0 Å². The minimum Gasteiger partial charge on any atom is -0.315 e. The van der Waals surface area contributed by atoms with E-state index in [1.165, 1.54) is 11.8 Å². The molecule has 0 aromatic heterocycles. The van der Waals surface area contributed by atoms with Crippen LogP contribution in [0.15, 0.2) is 18.2 Å². The highest BCUT2D eigenvalue weighted by molar-refractivity contribution is 6.40. The molecule has 100 valence electrons. The Morgan fingerprint density at radius 2 is 1.95 bits per heavy atom. The predicted octanol–water partition coefficient (Wildman–Crippen LogP) is 1.15. The quantitative estimate of drug-likeness (QED) is 0.749. The molecule has 2 rings (SSSR count). The van der Waals surface area contributed by atoms with Crippen LogP contribution in [0.1, 0.15) is 18.9 Å². The molecule has 0 bridgehead atoms. The van der Waals surface area contributed by atoms with Crippen LogP contribution in [0, 0.1) is 0 Å². The summed E-state index contributed by atoms with van der Waals surface area (Å²) in [6.45, 7) is 1.25. The highest BCUT2D eigenvalue weighted by Gasteiger charge is 2.22. The van der Waals surface area contributed by atoms with Crippen molar-refractivity contribution in [3.8, 4) is 0 Å². The van der Waals surface area contributed by atoms with E-state index in [0.29, 0.717) is 18.5 Å². The number of amides is 2. The molecule has 1 aliphatic heterocycles. The van der Waals surface area contributed by atoms with Gasteiger partial charge in [-0.05, 0) is 30.2 Å². The number of ketones is 1. The molecule has 0 aliphatic carbocycles. The number of likely N-dealkylation sites (N-methyl/N-ethyl adjacent to an activating group) is 1. The van der Waals surface area contributed by atoms with Crippen molar-refractivity contribution >= 4 is 29.0 Å². The van der Waals surface area contributed by atoms with E-state index in [1.54, 1.807) is 25.1 Å². The summed E-state index contributed by atoms with van der Waals surface area (Å²) < 4.78 is 0. The molecule has 19 heavy (non-hydrogen) atoms. The number of benzene rings is 1. The molecule has 0 unspecified atom stereocenters. The van der Waals surface area contributed by atoms with Crippen LogP contribution in [0.4, 0.5) is 11.4 Å². The van der Waals surface area contributed by atoms with E-state index in [1.807, 2.05) is 12.1 Å². The lowest BCUT2D eigenvalue weighted by molar-refractivity contribution is -0.134. The molecule has 1 aromatic rings. The first kappa shape index (κ1) is 13.3. The Labute approximate surface area is 111 Å². The van der Waals surface area contributed by atoms with Gasteiger partial charge in [0, 0.05) is 38.8 Å². The Bertz CT molecular complexity index is 566. The third kappa shape index (κ3) is 2.36. The molecular weight excluding hydrogens is 244 g/mol. The molecule has 2 amide bonds. The number of fused-ring (bicyclic) bond motifs is 1. The van der Waals surface area contributed by atoms with Crippen molar-refractivity contribution in [1.82, 2.24) is 0 Å². The Morgan fingerprint density at radius 1 is 1.26 bits per heavy atom. The molecule has 0 radical (unpaired) electrons. The molecule has 0 N–H and O–H groups in total. The second-order valence-corrected chi connectivity index (χ2v) is 4.69. The van der Waals surface area contributed by atoms with Crippen molar-refractivity contribution < 1.29 is 14.4 Å². The standard InChI is InChI=1S/C14H16N2O3/c1-9(17)14(19)15(2)11-5-6-12-10(8-11)4-7-13(18)16(12)3/h5-6,8H,4,7H2,1-3H3. The van der Waals surface area contributed by atoms with E-state index in [4.69, 9.17) is 0 Å². The molecule has 0 saturated carbocycles. The zero-order chi connectivity index (χ0) is 14.2. The normalized spacial score (nSPS) is 14.1. The Hall–Kier alpha value is -2.17. The lowest BCUT2D eigenvalue weighted by Gasteiger charge is -2.27. The number of carbonyl (C=O) groups is 3. The molecule has 0 fully saturated rings. The van der Waals surface area contributed by atoms with Crippen molar-refractivity contribution in [1.29, 1.82) is 0 Å². The molecule has 1 aromatic carbocycles. The highest BCUT2D eigenvalue weighted by atomic mass is 16.2. The Kier molecular flexibility index (Phi) is 3.38. The summed E-state index contributed by atoms with van der Waals surface area (Å²) in [7, 11) is 3.31. The molecule has 1 aliphatic rings. The third-order valence-electron chi connectivity index (χ3n) is 3.40. The maximum Gasteiger partial charge on any atom is 0.293 e. The third-order valence-corrected chi connectivity index (χ3v) is 3.40. The summed E-state index contributed by atoms with van der Waals surface area (Å²) in [5, 5.41) is 0. The number of carbonyl (C=O) groups excluding carboxylic acids is 3. The summed E-state index contributed by atoms with van der Waals surface area (Å²) in [6, 6.07) is 5.42. The Morgan fingerprint density at radius 3 is 2.58 bits per heavy atom. The summed E-state index contributed by atoms with van der Waals surface area (Å²) in [4.78, 5) is 37.3. The first-order chi connectivity index (χ1) is 8.91. The smallest absolute Gasteiger partial charge is 0.293 e. The van der Waals surface area contributed by atoms with Crippen LogP contribution in [-0.2, 0) is 20.8 Å². The zero-order valence-electron chi connectivity index (χ0n) is 11.3. The van der Waals surface area contributed by atoms with Crippen LogP contribution in [0.5, 0.6) is 0 Å². The summed E-state index contributed by atoms with van der Waals surface area (Å²) >= 11 is 0. The number of hydrogen-bond donors (Lipinski definition) is 0. The van der Waals surface area contributed by atoms with Crippen LogP contribution in [0.2, 0.25) is 0 Å². The van der Waals surface area contributed by atoms with Crippen LogP contribution in [0.25, 0.3) is 0 Å². The number of anilines is 2. The fourth-order valence-electron chi connectivity index (χ4n) is 2.21. The topological polar surface area (TPSA) is 57.7 Å². The van der Waals surface area contributed by atoms with E-state index in [0.717, 1.165) is 11.3 Å². The molecule has 1 heterocycles. The van der Waals surface area contributed by atoms with Gasteiger partial charge in [0.15, 0.2) is 0 Å². The van der Waals surface area contributed by atoms with Crippen LogP contribution < -0.4 is 9.80 Å². The first-order valence-electron chi connectivity index (χ1n) is 6.10.